The lowest BCUT2D eigenvalue weighted by Gasteiger charge is -2.18. The summed E-state index contributed by atoms with van der Waals surface area (Å²) >= 11 is 0. The summed E-state index contributed by atoms with van der Waals surface area (Å²) in [5.41, 5.74) is 0.203. The van der Waals surface area contributed by atoms with Crippen molar-refractivity contribution in [3.8, 4) is 23.0 Å². The fourth-order valence-corrected chi connectivity index (χ4v) is 3.74. The Kier molecular flexibility index (Phi) is 6.23. The number of pyridine rings is 2. The number of methoxy groups -OCH3 is 1. The van der Waals surface area contributed by atoms with Gasteiger partial charge in [-0.25, -0.2) is 31.7 Å². The van der Waals surface area contributed by atoms with Gasteiger partial charge in [0.1, 0.15) is 5.82 Å². The zero-order valence-electron chi connectivity index (χ0n) is 16.8. The normalized spacial score (nSPS) is 11.7. The predicted octanol–water partition coefficient (Wildman–Crippen LogP) is 2.80. The number of halogens is 3. The van der Waals surface area contributed by atoms with Crippen LogP contribution >= 0.6 is 0 Å². The van der Waals surface area contributed by atoms with Crippen LogP contribution in [-0.2, 0) is 10.0 Å². The third-order valence-electron chi connectivity index (χ3n) is 4.27. The maximum absolute atomic E-state index is 14.5. The van der Waals surface area contributed by atoms with Crippen LogP contribution in [0.1, 0.15) is 0 Å². The number of aromatic nitrogens is 2. The van der Waals surface area contributed by atoms with Crippen LogP contribution in [0.2, 0.25) is 0 Å². The van der Waals surface area contributed by atoms with Gasteiger partial charge in [0.2, 0.25) is 15.9 Å². The fraction of sp³-hybridized carbons (Fsp3) is 0.263. The summed E-state index contributed by atoms with van der Waals surface area (Å²) in [6.45, 7) is -1.04. The summed E-state index contributed by atoms with van der Waals surface area (Å²) in [5, 5.41) is 6.13. The van der Waals surface area contributed by atoms with Crippen LogP contribution in [-0.4, -0.2) is 52.6 Å². The standard InChI is InChI=1S/C19H19F3N4O4S/c1-26(2)17-10-5-4-6-15(31(23,27)28)11(10)8-14(24-17)12-7-13(20)19(25-18(12)29-3)30-9-16(21)22/h4-8,16H,9H2,1-3H3,(H2,23,27,28). The van der Waals surface area contributed by atoms with Crippen molar-refractivity contribution in [3.63, 3.8) is 0 Å². The summed E-state index contributed by atoms with van der Waals surface area (Å²) < 4.78 is 73.3. The zero-order chi connectivity index (χ0) is 22.9. The summed E-state index contributed by atoms with van der Waals surface area (Å²) in [5.74, 6) is -1.42. The largest absolute Gasteiger partial charge is 0.480 e. The lowest BCUT2D eigenvalue weighted by atomic mass is 10.1. The maximum atomic E-state index is 14.5. The first kappa shape index (κ1) is 22.6. The van der Waals surface area contributed by atoms with Crippen molar-refractivity contribution in [3.05, 3.63) is 36.1 Å². The van der Waals surface area contributed by atoms with Crippen molar-refractivity contribution in [2.45, 2.75) is 11.3 Å². The molecule has 0 amide bonds. The molecule has 12 heteroatoms. The number of primary sulfonamides is 1. The van der Waals surface area contributed by atoms with E-state index in [9.17, 15) is 21.6 Å². The van der Waals surface area contributed by atoms with Crippen molar-refractivity contribution in [1.29, 1.82) is 0 Å². The van der Waals surface area contributed by atoms with Crippen molar-refractivity contribution >= 4 is 26.6 Å². The average Bonchev–Trinajstić information content (AvgIpc) is 2.70. The highest BCUT2D eigenvalue weighted by Gasteiger charge is 2.21. The molecule has 0 radical (unpaired) electrons. The number of anilines is 1. The van der Waals surface area contributed by atoms with Gasteiger partial charge >= 0.3 is 0 Å². The van der Waals surface area contributed by atoms with Gasteiger partial charge in [0, 0.05) is 24.9 Å². The molecule has 166 valence electrons. The Balaban J connectivity index is 2.29. The van der Waals surface area contributed by atoms with Crippen LogP contribution in [0.5, 0.6) is 11.8 Å². The monoisotopic (exact) mass is 456 g/mol. The molecule has 0 aliphatic heterocycles. The Morgan fingerprint density at radius 3 is 2.42 bits per heavy atom. The first-order valence-electron chi connectivity index (χ1n) is 8.82. The van der Waals surface area contributed by atoms with Crippen LogP contribution in [0, 0.1) is 5.82 Å². The Bertz CT molecular complexity index is 1240. The molecule has 2 heterocycles. The summed E-state index contributed by atoms with van der Waals surface area (Å²) in [7, 11) is 0.581. The summed E-state index contributed by atoms with van der Waals surface area (Å²) in [4.78, 5) is 9.82. The predicted molar refractivity (Wildman–Crippen MR) is 109 cm³/mol. The highest BCUT2D eigenvalue weighted by atomic mass is 32.2. The van der Waals surface area contributed by atoms with Crippen molar-refractivity contribution in [1.82, 2.24) is 9.97 Å². The number of rotatable bonds is 7. The van der Waals surface area contributed by atoms with E-state index in [1.165, 1.54) is 25.3 Å². The molecule has 0 fully saturated rings. The van der Waals surface area contributed by atoms with Gasteiger partial charge in [-0.3, -0.25) is 0 Å². The Hall–Kier alpha value is -3.12. The van der Waals surface area contributed by atoms with E-state index in [0.717, 1.165) is 6.07 Å². The molecule has 8 nitrogen and oxygen atoms in total. The zero-order valence-corrected chi connectivity index (χ0v) is 17.6. The van der Waals surface area contributed by atoms with Gasteiger partial charge in [-0.15, -0.1) is 0 Å². The summed E-state index contributed by atoms with van der Waals surface area (Å²) in [6, 6.07) is 6.94. The molecule has 31 heavy (non-hydrogen) atoms. The minimum atomic E-state index is -4.08. The second-order valence-electron chi connectivity index (χ2n) is 6.66. The molecule has 3 rings (SSSR count). The van der Waals surface area contributed by atoms with Crippen molar-refractivity contribution < 1.29 is 31.1 Å². The molecule has 0 aliphatic rings. The number of nitrogens with zero attached hydrogens (tertiary/aromatic N) is 3. The Morgan fingerprint density at radius 2 is 1.84 bits per heavy atom. The van der Waals surface area contributed by atoms with E-state index in [2.05, 4.69) is 14.7 Å². The number of hydrogen-bond acceptors (Lipinski definition) is 7. The number of ether oxygens (including phenoxy) is 2. The number of benzene rings is 1. The molecular weight excluding hydrogens is 437 g/mol. The van der Waals surface area contributed by atoms with Gasteiger partial charge in [0.25, 0.3) is 12.3 Å². The molecule has 0 atom stereocenters. The lowest BCUT2D eigenvalue weighted by Crippen LogP contribution is -2.15. The molecular formula is C19H19F3N4O4S. The van der Waals surface area contributed by atoms with Gasteiger partial charge in [-0.05, 0) is 18.2 Å². The van der Waals surface area contributed by atoms with Crippen molar-refractivity contribution in [2.75, 3.05) is 32.7 Å². The quantitative estimate of drug-likeness (QED) is 0.583. The van der Waals surface area contributed by atoms with E-state index in [4.69, 9.17) is 9.88 Å². The van der Waals surface area contributed by atoms with Gasteiger partial charge in [-0.1, -0.05) is 12.1 Å². The number of sulfonamides is 1. The molecule has 0 bridgehead atoms. The second kappa shape index (κ2) is 8.55. The molecule has 2 N–H and O–H groups in total. The first-order valence-corrected chi connectivity index (χ1v) is 10.4. The number of hydrogen-bond donors (Lipinski definition) is 1. The highest BCUT2D eigenvalue weighted by Crippen LogP contribution is 2.37. The number of alkyl halides is 2. The Morgan fingerprint density at radius 1 is 1.13 bits per heavy atom. The van der Waals surface area contributed by atoms with E-state index in [1.807, 2.05) is 0 Å². The third kappa shape index (κ3) is 4.64. The van der Waals surface area contributed by atoms with E-state index in [1.54, 1.807) is 25.1 Å². The second-order valence-corrected chi connectivity index (χ2v) is 8.19. The van der Waals surface area contributed by atoms with Crippen LogP contribution in [0.15, 0.2) is 35.2 Å². The summed E-state index contributed by atoms with van der Waals surface area (Å²) in [6.07, 6.45) is -2.81. The molecule has 0 unspecified atom stereocenters. The Labute approximate surface area is 176 Å². The SMILES string of the molecule is COc1nc(OCC(F)F)c(F)cc1-c1cc2c(S(N)(=O)=O)cccc2c(N(C)C)n1. The minimum absolute atomic E-state index is 0.0682. The molecule has 3 aromatic rings. The molecule has 1 aromatic carbocycles. The van der Waals surface area contributed by atoms with Crippen LogP contribution in [0.4, 0.5) is 19.0 Å². The van der Waals surface area contributed by atoms with Gasteiger partial charge < -0.3 is 14.4 Å². The molecule has 0 spiro atoms. The third-order valence-corrected chi connectivity index (χ3v) is 5.24. The lowest BCUT2D eigenvalue weighted by molar-refractivity contribution is 0.0770. The molecule has 0 saturated heterocycles. The number of fused-ring (bicyclic) bond motifs is 1. The first-order chi connectivity index (χ1) is 14.5. The van der Waals surface area contributed by atoms with E-state index < -0.39 is 34.8 Å². The maximum Gasteiger partial charge on any atom is 0.272 e. The van der Waals surface area contributed by atoms with E-state index in [0.29, 0.717) is 11.2 Å². The van der Waals surface area contributed by atoms with Gasteiger partial charge in [0.05, 0.1) is 23.3 Å². The highest BCUT2D eigenvalue weighted by molar-refractivity contribution is 7.89. The molecule has 0 aliphatic carbocycles. The number of nitrogens with two attached hydrogens (primary N) is 1. The van der Waals surface area contributed by atoms with Gasteiger partial charge in [0.15, 0.2) is 12.4 Å². The molecule has 0 saturated carbocycles. The van der Waals surface area contributed by atoms with Crippen LogP contribution in [0.25, 0.3) is 22.0 Å². The van der Waals surface area contributed by atoms with Crippen LogP contribution < -0.4 is 19.5 Å². The minimum Gasteiger partial charge on any atom is -0.480 e. The fourth-order valence-electron chi connectivity index (χ4n) is 3.00. The average molecular weight is 456 g/mol. The van der Waals surface area contributed by atoms with E-state index in [-0.39, 0.29) is 27.4 Å². The van der Waals surface area contributed by atoms with Crippen molar-refractivity contribution in [2.24, 2.45) is 5.14 Å². The molecule has 2 aromatic heterocycles. The van der Waals surface area contributed by atoms with Gasteiger partial charge in [-0.2, -0.15) is 4.98 Å². The van der Waals surface area contributed by atoms with Crippen LogP contribution in [0.3, 0.4) is 0 Å². The van der Waals surface area contributed by atoms with E-state index >= 15 is 0 Å². The smallest absolute Gasteiger partial charge is 0.272 e. The topological polar surface area (TPSA) is 108 Å².